The Hall–Kier alpha value is -3.62. The van der Waals surface area contributed by atoms with Crippen LogP contribution in [0.5, 0.6) is 0 Å². The molecule has 1 aromatic heterocycles. The van der Waals surface area contributed by atoms with Crippen LogP contribution in [0.25, 0.3) is 53.2 Å². The van der Waals surface area contributed by atoms with E-state index in [2.05, 4.69) is 102 Å². The lowest BCUT2D eigenvalue weighted by atomic mass is 10.0. The molecular formula is C28H17NS. The minimum atomic E-state index is 1.12. The van der Waals surface area contributed by atoms with Crippen LogP contribution in [-0.2, 0) is 0 Å². The number of hydrogen-bond donors (Lipinski definition) is 1. The molecular weight excluding hydrogens is 382 g/mol. The third-order valence-electron chi connectivity index (χ3n) is 6.17. The number of hydrogen-bond acceptors (Lipinski definition) is 2. The monoisotopic (exact) mass is 399 g/mol. The normalized spacial score (nSPS) is 12.0. The van der Waals surface area contributed by atoms with Gasteiger partial charge in [-0.3, -0.25) is 0 Å². The molecule has 1 aliphatic rings. The molecule has 0 unspecified atom stereocenters. The Bertz CT molecular complexity index is 1620. The molecule has 1 aliphatic carbocycles. The summed E-state index contributed by atoms with van der Waals surface area (Å²) in [6.45, 7) is 0. The lowest BCUT2D eigenvalue weighted by Crippen LogP contribution is -1.90. The van der Waals surface area contributed by atoms with E-state index >= 15 is 0 Å². The Morgan fingerprint density at radius 2 is 1.23 bits per heavy atom. The van der Waals surface area contributed by atoms with Gasteiger partial charge in [-0.1, -0.05) is 66.7 Å². The summed E-state index contributed by atoms with van der Waals surface area (Å²) in [7, 11) is 0. The largest absolute Gasteiger partial charge is 0.355 e. The molecule has 0 atom stereocenters. The lowest BCUT2D eigenvalue weighted by Gasteiger charge is -2.10. The van der Waals surface area contributed by atoms with E-state index in [0.29, 0.717) is 0 Å². The quantitative estimate of drug-likeness (QED) is 0.307. The summed E-state index contributed by atoms with van der Waals surface area (Å²) in [5.74, 6) is 0. The maximum absolute atomic E-state index is 3.64. The predicted octanol–water partition coefficient (Wildman–Crippen LogP) is 8.60. The van der Waals surface area contributed by atoms with E-state index in [1.54, 1.807) is 0 Å². The number of rotatable bonds is 2. The summed E-state index contributed by atoms with van der Waals surface area (Å²) in [5.41, 5.74) is 7.57. The molecule has 0 fully saturated rings. The van der Waals surface area contributed by atoms with E-state index in [9.17, 15) is 0 Å². The smallest absolute Gasteiger partial charge is 0.0398 e. The van der Waals surface area contributed by atoms with Crippen molar-refractivity contribution in [2.75, 3.05) is 5.32 Å². The second kappa shape index (κ2) is 5.94. The van der Waals surface area contributed by atoms with Gasteiger partial charge in [0.25, 0.3) is 0 Å². The molecule has 1 N–H and O–H groups in total. The Morgan fingerprint density at radius 1 is 0.500 bits per heavy atom. The molecule has 0 spiro atoms. The summed E-state index contributed by atoms with van der Waals surface area (Å²) in [4.78, 5) is 0. The van der Waals surface area contributed by atoms with Gasteiger partial charge in [-0.15, -0.1) is 11.3 Å². The molecule has 0 aliphatic heterocycles. The topological polar surface area (TPSA) is 12.0 Å². The lowest BCUT2D eigenvalue weighted by molar-refractivity contribution is 1.57. The van der Waals surface area contributed by atoms with Crippen molar-refractivity contribution >= 4 is 53.7 Å². The highest BCUT2D eigenvalue weighted by molar-refractivity contribution is 7.25. The molecule has 0 saturated heterocycles. The standard InChI is InChI=1S/C28H17NS/c1-2-10-26-21(7-1)22-14-12-19(16-27(22)30-26)29-18-11-13-20-23-8-3-5-17-6-4-9-24(28(17)23)25(20)15-18/h1-16,29H. The first-order valence-corrected chi connectivity index (χ1v) is 11.0. The highest BCUT2D eigenvalue weighted by Crippen LogP contribution is 2.48. The molecule has 140 valence electrons. The molecule has 7 rings (SSSR count). The van der Waals surface area contributed by atoms with E-state index in [-0.39, 0.29) is 0 Å². The Kier molecular flexibility index (Phi) is 3.21. The first kappa shape index (κ1) is 16.2. The van der Waals surface area contributed by atoms with Crippen molar-refractivity contribution in [2.45, 2.75) is 0 Å². The first-order chi connectivity index (χ1) is 14.8. The van der Waals surface area contributed by atoms with E-state index in [1.165, 1.54) is 53.2 Å². The number of thiophene rings is 1. The molecule has 1 heterocycles. The molecule has 1 nitrogen and oxygen atoms in total. The van der Waals surface area contributed by atoms with Crippen LogP contribution in [0.2, 0.25) is 0 Å². The average molecular weight is 400 g/mol. The number of benzene rings is 5. The third-order valence-corrected chi connectivity index (χ3v) is 7.31. The van der Waals surface area contributed by atoms with Crippen molar-refractivity contribution < 1.29 is 0 Å². The van der Waals surface area contributed by atoms with Gasteiger partial charge in [0.2, 0.25) is 0 Å². The van der Waals surface area contributed by atoms with Gasteiger partial charge in [-0.05, 0) is 63.4 Å². The van der Waals surface area contributed by atoms with Gasteiger partial charge in [0, 0.05) is 31.5 Å². The van der Waals surface area contributed by atoms with Gasteiger partial charge >= 0.3 is 0 Å². The fraction of sp³-hybridized carbons (Fsp3) is 0. The molecule has 6 aromatic rings. The number of nitrogens with one attached hydrogen (secondary N) is 1. The summed E-state index contributed by atoms with van der Waals surface area (Å²) in [6.07, 6.45) is 0. The molecule has 0 bridgehead atoms. The van der Waals surface area contributed by atoms with Gasteiger partial charge in [-0.25, -0.2) is 0 Å². The van der Waals surface area contributed by atoms with Crippen LogP contribution < -0.4 is 5.32 Å². The second-order valence-electron chi connectivity index (χ2n) is 7.90. The number of anilines is 2. The molecule has 0 radical (unpaired) electrons. The minimum Gasteiger partial charge on any atom is -0.355 e. The van der Waals surface area contributed by atoms with Crippen molar-refractivity contribution in [3.05, 3.63) is 97.1 Å². The molecule has 2 heteroatoms. The summed E-state index contributed by atoms with van der Waals surface area (Å²) in [5, 5.41) is 8.99. The van der Waals surface area contributed by atoms with Crippen molar-refractivity contribution in [1.82, 2.24) is 0 Å². The van der Waals surface area contributed by atoms with E-state index in [0.717, 1.165) is 11.4 Å². The van der Waals surface area contributed by atoms with Crippen molar-refractivity contribution in [1.29, 1.82) is 0 Å². The fourth-order valence-corrected chi connectivity index (χ4v) is 5.99. The van der Waals surface area contributed by atoms with Crippen LogP contribution in [0.1, 0.15) is 0 Å². The molecule has 30 heavy (non-hydrogen) atoms. The zero-order valence-electron chi connectivity index (χ0n) is 16.1. The van der Waals surface area contributed by atoms with Crippen LogP contribution in [0.4, 0.5) is 11.4 Å². The maximum Gasteiger partial charge on any atom is 0.0398 e. The SMILES string of the molecule is c1cc2c3c(cccc3c1)-c1cc(Nc3ccc4c(c3)sc3ccccc34)ccc1-2. The van der Waals surface area contributed by atoms with E-state index < -0.39 is 0 Å². The molecule has 5 aromatic carbocycles. The minimum absolute atomic E-state index is 1.12. The van der Waals surface area contributed by atoms with Gasteiger partial charge in [-0.2, -0.15) is 0 Å². The number of fused-ring (bicyclic) bond motifs is 6. The Labute approximate surface area is 178 Å². The summed E-state index contributed by atoms with van der Waals surface area (Å²) >= 11 is 1.85. The highest BCUT2D eigenvalue weighted by Gasteiger charge is 2.21. The summed E-state index contributed by atoms with van der Waals surface area (Å²) in [6, 6.07) is 35.3. The predicted molar refractivity (Wildman–Crippen MR) is 131 cm³/mol. The zero-order chi connectivity index (χ0) is 19.7. The maximum atomic E-state index is 3.64. The first-order valence-electron chi connectivity index (χ1n) is 10.2. The van der Waals surface area contributed by atoms with Crippen molar-refractivity contribution in [3.8, 4) is 22.3 Å². The van der Waals surface area contributed by atoms with E-state index in [1.807, 2.05) is 11.3 Å². The van der Waals surface area contributed by atoms with Gasteiger partial charge < -0.3 is 5.32 Å². The second-order valence-corrected chi connectivity index (χ2v) is 8.99. The van der Waals surface area contributed by atoms with Crippen LogP contribution in [0.15, 0.2) is 97.1 Å². The zero-order valence-corrected chi connectivity index (χ0v) is 17.0. The van der Waals surface area contributed by atoms with Crippen LogP contribution >= 0.6 is 11.3 Å². The van der Waals surface area contributed by atoms with Crippen LogP contribution in [-0.4, -0.2) is 0 Å². The van der Waals surface area contributed by atoms with Crippen LogP contribution in [0, 0.1) is 0 Å². The van der Waals surface area contributed by atoms with Crippen LogP contribution in [0.3, 0.4) is 0 Å². The molecule has 0 amide bonds. The Morgan fingerprint density at radius 3 is 2.13 bits per heavy atom. The van der Waals surface area contributed by atoms with Crippen molar-refractivity contribution in [2.24, 2.45) is 0 Å². The van der Waals surface area contributed by atoms with E-state index in [4.69, 9.17) is 0 Å². The Balaban J connectivity index is 1.32. The van der Waals surface area contributed by atoms with Gasteiger partial charge in [0.15, 0.2) is 0 Å². The average Bonchev–Trinajstić information content (AvgIpc) is 3.31. The summed E-state index contributed by atoms with van der Waals surface area (Å²) < 4.78 is 2.66. The highest BCUT2D eigenvalue weighted by atomic mass is 32.1. The fourth-order valence-electron chi connectivity index (χ4n) is 4.84. The third kappa shape index (κ3) is 2.23. The van der Waals surface area contributed by atoms with Gasteiger partial charge in [0.1, 0.15) is 0 Å². The molecule has 0 saturated carbocycles. The van der Waals surface area contributed by atoms with Crippen molar-refractivity contribution in [3.63, 3.8) is 0 Å². The van der Waals surface area contributed by atoms with Gasteiger partial charge in [0.05, 0.1) is 0 Å².